The van der Waals surface area contributed by atoms with E-state index in [9.17, 15) is 22.8 Å². The number of hydrogen-bond donors (Lipinski definition) is 2. The van der Waals surface area contributed by atoms with Crippen LogP contribution >= 0.6 is 11.6 Å². The minimum absolute atomic E-state index is 0.0599. The van der Waals surface area contributed by atoms with Crippen LogP contribution in [0.4, 0.5) is 24.5 Å². The fourth-order valence-electron chi connectivity index (χ4n) is 5.90. The van der Waals surface area contributed by atoms with Gasteiger partial charge in [0.05, 0.1) is 22.0 Å². The summed E-state index contributed by atoms with van der Waals surface area (Å²) >= 11 is 6.08. The van der Waals surface area contributed by atoms with Gasteiger partial charge >= 0.3 is 6.18 Å². The highest BCUT2D eigenvalue weighted by atomic mass is 35.5. The van der Waals surface area contributed by atoms with E-state index in [0.29, 0.717) is 49.8 Å². The number of amides is 1. The van der Waals surface area contributed by atoms with Crippen molar-refractivity contribution in [2.75, 3.05) is 36.4 Å². The van der Waals surface area contributed by atoms with Crippen LogP contribution < -0.4 is 21.1 Å². The molecule has 1 saturated carbocycles. The number of aromatic nitrogens is 4. The van der Waals surface area contributed by atoms with E-state index in [4.69, 9.17) is 16.6 Å². The van der Waals surface area contributed by atoms with Crippen molar-refractivity contribution >= 4 is 40.2 Å². The van der Waals surface area contributed by atoms with Gasteiger partial charge in [0.25, 0.3) is 5.56 Å². The molecule has 3 aliphatic rings. The third-order valence-corrected chi connectivity index (χ3v) is 8.44. The molecule has 2 aliphatic carbocycles. The molecule has 2 fully saturated rings. The Morgan fingerprint density at radius 1 is 1.23 bits per heavy atom. The highest BCUT2D eigenvalue weighted by Gasteiger charge is 2.43. The molecule has 2 aromatic heterocycles. The number of anilines is 2. The molecular formula is C27H29ClF3N7O2. The molecule has 0 radical (unpaired) electrons. The highest BCUT2D eigenvalue weighted by molar-refractivity contribution is 6.33. The third-order valence-electron chi connectivity index (χ3n) is 8.13. The van der Waals surface area contributed by atoms with Crippen LogP contribution in [0.2, 0.25) is 5.02 Å². The van der Waals surface area contributed by atoms with Crippen molar-refractivity contribution in [1.29, 1.82) is 0 Å². The van der Waals surface area contributed by atoms with Gasteiger partial charge in [-0.1, -0.05) is 31.0 Å². The molecule has 6 rings (SSSR count). The summed E-state index contributed by atoms with van der Waals surface area (Å²) in [5, 5.41) is 10.3. The number of carbonyl (C=O) groups excluding carboxylic acids is 1. The van der Waals surface area contributed by atoms with E-state index >= 15 is 0 Å². The summed E-state index contributed by atoms with van der Waals surface area (Å²) in [7, 11) is 0. The van der Waals surface area contributed by atoms with E-state index < -0.39 is 17.6 Å². The van der Waals surface area contributed by atoms with Crippen molar-refractivity contribution in [1.82, 2.24) is 24.5 Å². The van der Waals surface area contributed by atoms with E-state index in [1.54, 1.807) is 4.57 Å². The van der Waals surface area contributed by atoms with Crippen LogP contribution in [0.3, 0.4) is 0 Å². The zero-order chi connectivity index (χ0) is 28.2. The molecule has 40 heavy (non-hydrogen) atoms. The number of halogens is 4. The van der Waals surface area contributed by atoms with E-state index in [2.05, 4.69) is 21.8 Å². The predicted octanol–water partition coefficient (Wildman–Crippen LogP) is 4.13. The van der Waals surface area contributed by atoms with Gasteiger partial charge in [-0.3, -0.25) is 9.59 Å². The monoisotopic (exact) mass is 575 g/mol. The third kappa shape index (κ3) is 4.66. The summed E-state index contributed by atoms with van der Waals surface area (Å²) in [5.41, 5.74) is 1.23. The lowest BCUT2D eigenvalue weighted by Crippen LogP contribution is -2.47. The standard InChI is InChI=1S/C27H29ClF3N7O2/c1-2-20-22(36-10-8-32-9-11-36)24(40)38-25(34-23(35-38)16-13-26(14-16)6-3-7-26)37(20)15-21(39)33-19-5-4-17(12-18(19)28)27(29,30)31/h4-5,12-13,32H,2-3,6-11,14-15H2,1H3,(H,33,39). The Labute approximate surface area is 233 Å². The van der Waals surface area contributed by atoms with Crippen molar-refractivity contribution in [3.63, 3.8) is 0 Å². The van der Waals surface area contributed by atoms with Gasteiger partial charge in [0, 0.05) is 26.2 Å². The molecule has 0 unspecified atom stereocenters. The Morgan fingerprint density at radius 2 is 1.95 bits per heavy atom. The molecule has 3 aromatic rings. The fourth-order valence-corrected chi connectivity index (χ4v) is 6.12. The lowest BCUT2D eigenvalue weighted by molar-refractivity contribution is -0.137. The van der Waals surface area contributed by atoms with Gasteiger partial charge in [-0.25, -0.2) is 0 Å². The average molecular weight is 576 g/mol. The minimum atomic E-state index is -4.55. The molecule has 212 valence electrons. The Kier molecular flexibility index (Phi) is 6.65. The summed E-state index contributed by atoms with van der Waals surface area (Å²) in [6.07, 6.45) is 2.48. The number of nitrogens with zero attached hydrogens (tertiary/aromatic N) is 5. The van der Waals surface area contributed by atoms with Gasteiger partial charge in [0.15, 0.2) is 5.82 Å². The quantitative estimate of drug-likeness (QED) is 0.459. The summed E-state index contributed by atoms with van der Waals surface area (Å²) in [6, 6.07) is 2.78. The van der Waals surface area contributed by atoms with Crippen molar-refractivity contribution in [2.45, 2.75) is 51.7 Å². The number of hydrogen-bond acceptors (Lipinski definition) is 6. The van der Waals surface area contributed by atoms with E-state index in [1.807, 2.05) is 11.8 Å². The second-order valence-corrected chi connectivity index (χ2v) is 11.1. The van der Waals surface area contributed by atoms with Gasteiger partial charge in [-0.05, 0) is 54.9 Å². The molecule has 1 amide bonds. The predicted molar refractivity (Wildman–Crippen MR) is 146 cm³/mol. The number of rotatable bonds is 6. The molecule has 13 heteroatoms. The van der Waals surface area contributed by atoms with Crippen LogP contribution in [-0.4, -0.2) is 51.3 Å². The van der Waals surface area contributed by atoms with Crippen LogP contribution in [0.1, 0.15) is 49.7 Å². The van der Waals surface area contributed by atoms with E-state index in [0.717, 1.165) is 43.0 Å². The maximum Gasteiger partial charge on any atom is 0.416 e. The maximum absolute atomic E-state index is 13.8. The number of carbonyl (C=O) groups is 1. The molecule has 2 N–H and O–H groups in total. The zero-order valence-electron chi connectivity index (χ0n) is 21.9. The van der Waals surface area contributed by atoms with Crippen LogP contribution in [0.15, 0.2) is 29.1 Å². The molecule has 1 spiro atoms. The number of nitrogens with one attached hydrogen (secondary N) is 2. The first-order chi connectivity index (χ1) is 19.1. The molecule has 0 atom stereocenters. The smallest absolute Gasteiger partial charge is 0.363 e. The molecule has 1 aliphatic heterocycles. The first-order valence-corrected chi connectivity index (χ1v) is 13.8. The Morgan fingerprint density at radius 3 is 2.55 bits per heavy atom. The topological polar surface area (TPSA) is 96.6 Å². The molecule has 0 bridgehead atoms. The van der Waals surface area contributed by atoms with Crippen molar-refractivity contribution in [3.05, 3.63) is 56.7 Å². The lowest BCUT2D eigenvalue weighted by atomic mass is 9.58. The summed E-state index contributed by atoms with van der Waals surface area (Å²) in [5.74, 6) is 0.211. The second kappa shape index (κ2) is 9.91. The first-order valence-electron chi connectivity index (χ1n) is 13.5. The number of piperazine rings is 1. The zero-order valence-corrected chi connectivity index (χ0v) is 22.7. The lowest BCUT2D eigenvalue weighted by Gasteiger charge is -2.46. The van der Waals surface area contributed by atoms with Gasteiger partial charge in [0.1, 0.15) is 12.2 Å². The molecule has 1 saturated heterocycles. The summed E-state index contributed by atoms with van der Waals surface area (Å²) in [6.45, 7) is 4.34. The summed E-state index contributed by atoms with van der Waals surface area (Å²) in [4.78, 5) is 33.8. The minimum Gasteiger partial charge on any atom is -0.363 e. The highest BCUT2D eigenvalue weighted by Crippen LogP contribution is 2.56. The van der Waals surface area contributed by atoms with Crippen LogP contribution in [-0.2, 0) is 23.9 Å². The Balaban J connectivity index is 1.39. The van der Waals surface area contributed by atoms with E-state index in [-0.39, 0.29) is 34.0 Å². The van der Waals surface area contributed by atoms with Crippen LogP contribution in [0, 0.1) is 5.41 Å². The fraction of sp³-hybridized carbons (Fsp3) is 0.481. The van der Waals surface area contributed by atoms with Crippen molar-refractivity contribution in [2.24, 2.45) is 5.41 Å². The number of allylic oxidation sites excluding steroid dienone is 2. The average Bonchev–Trinajstić information content (AvgIpc) is 3.30. The van der Waals surface area contributed by atoms with Gasteiger partial charge in [-0.15, -0.1) is 5.10 Å². The number of benzene rings is 1. The molecule has 3 heterocycles. The molecule has 1 aromatic carbocycles. The largest absolute Gasteiger partial charge is 0.416 e. The Bertz CT molecular complexity index is 1580. The van der Waals surface area contributed by atoms with Crippen LogP contribution in [0.25, 0.3) is 11.4 Å². The summed E-state index contributed by atoms with van der Waals surface area (Å²) < 4.78 is 42.1. The van der Waals surface area contributed by atoms with Gasteiger partial charge < -0.3 is 20.1 Å². The van der Waals surface area contributed by atoms with Crippen LogP contribution in [0.5, 0.6) is 0 Å². The Hall–Kier alpha value is -3.38. The second-order valence-electron chi connectivity index (χ2n) is 10.7. The van der Waals surface area contributed by atoms with E-state index in [1.165, 1.54) is 10.9 Å². The normalized spacial score (nSPS) is 18.4. The van der Waals surface area contributed by atoms with Crippen molar-refractivity contribution in [3.8, 4) is 0 Å². The molecular weight excluding hydrogens is 547 g/mol. The maximum atomic E-state index is 13.8. The SMILES string of the molecule is CCc1c(N2CCNCC2)c(=O)n2nc(C3=CC4(CCC4)C3)nc2n1CC(=O)Nc1ccc(C(F)(F)F)cc1Cl. The first kappa shape index (κ1) is 26.8. The van der Waals surface area contributed by atoms with Crippen molar-refractivity contribution < 1.29 is 18.0 Å². The number of fused-ring (bicyclic) bond motifs is 1. The number of alkyl halides is 3. The van der Waals surface area contributed by atoms with Gasteiger partial charge in [0.2, 0.25) is 11.7 Å². The molecule has 9 nitrogen and oxygen atoms in total. The van der Waals surface area contributed by atoms with Gasteiger partial charge in [-0.2, -0.15) is 22.7 Å².